The number of rotatable bonds is 6. The second-order valence-electron chi connectivity index (χ2n) is 10.7. The normalized spacial score (nSPS) is 19.3. The summed E-state index contributed by atoms with van der Waals surface area (Å²) in [6.45, 7) is 11.0. The molecule has 4 aromatic rings. The highest BCUT2D eigenvalue weighted by Crippen LogP contribution is 2.30. The van der Waals surface area contributed by atoms with Gasteiger partial charge >= 0.3 is 0 Å². The number of piperazine rings is 1. The van der Waals surface area contributed by atoms with Crippen LogP contribution in [0.5, 0.6) is 0 Å². The minimum Gasteiger partial charge on any atom is -0.376 e. The largest absolute Gasteiger partial charge is 0.376 e. The van der Waals surface area contributed by atoms with Crippen LogP contribution in [0.2, 0.25) is 0 Å². The summed E-state index contributed by atoms with van der Waals surface area (Å²) in [5.41, 5.74) is 6.38. The minimum absolute atomic E-state index is 0.0941. The Morgan fingerprint density at radius 1 is 1.03 bits per heavy atom. The van der Waals surface area contributed by atoms with Gasteiger partial charge in [-0.1, -0.05) is 23.8 Å². The lowest BCUT2D eigenvalue weighted by Crippen LogP contribution is -2.49. The molecule has 0 unspecified atom stereocenters. The smallest absolute Gasteiger partial charge is 0.253 e. The van der Waals surface area contributed by atoms with Gasteiger partial charge in [0.1, 0.15) is 6.04 Å². The number of pyridine rings is 1. The number of aromatic nitrogens is 5. The third kappa shape index (κ3) is 4.83. The van der Waals surface area contributed by atoms with Crippen LogP contribution in [0.25, 0.3) is 10.9 Å². The average Bonchev–Trinajstić information content (AvgIpc) is 3.60. The van der Waals surface area contributed by atoms with Gasteiger partial charge in [-0.05, 0) is 84.8 Å². The van der Waals surface area contributed by atoms with Crippen molar-refractivity contribution in [2.24, 2.45) is 0 Å². The third-order valence-corrected chi connectivity index (χ3v) is 7.91. The molecular weight excluding hydrogens is 478 g/mol. The molecule has 2 aliphatic rings. The number of ether oxygens (including phenoxy) is 1. The van der Waals surface area contributed by atoms with Crippen molar-refractivity contribution < 1.29 is 4.74 Å². The summed E-state index contributed by atoms with van der Waals surface area (Å²) < 4.78 is 7.73. The number of tetrazole rings is 1. The molecule has 38 heavy (non-hydrogen) atoms. The molecule has 6 rings (SSSR count). The first kappa shape index (κ1) is 24.8. The summed E-state index contributed by atoms with van der Waals surface area (Å²) in [5.74, 6) is 0.693. The van der Waals surface area contributed by atoms with Crippen molar-refractivity contribution in [1.82, 2.24) is 30.1 Å². The second-order valence-corrected chi connectivity index (χ2v) is 10.7. The molecule has 4 heterocycles. The molecule has 0 spiro atoms. The van der Waals surface area contributed by atoms with E-state index in [4.69, 9.17) is 4.74 Å². The lowest BCUT2D eigenvalue weighted by molar-refractivity contribution is 0.0906. The van der Waals surface area contributed by atoms with Crippen LogP contribution in [0, 0.1) is 20.8 Å². The zero-order chi connectivity index (χ0) is 26.2. The SMILES string of the molecule is Cc1ccc(C)c(N2CCN([C@@H](c3cc4cc(C)ccc4[nH]c3=O)c3nnnn3C[C@H]3CCCO3)CC2)c1. The van der Waals surface area contributed by atoms with E-state index in [0.29, 0.717) is 17.9 Å². The van der Waals surface area contributed by atoms with Crippen molar-refractivity contribution in [3.8, 4) is 0 Å². The van der Waals surface area contributed by atoms with E-state index in [-0.39, 0.29) is 17.7 Å². The van der Waals surface area contributed by atoms with E-state index in [0.717, 1.165) is 62.1 Å². The van der Waals surface area contributed by atoms with Crippen molar-refractivity contribution in [2.75, 3.05) is 37.7 Å². The maximum atomic E-state index is 13.5. The van der Waals surface area contributed by atoms with E-state index in [9.17, 15) is 4.79 Å². The molecule has 1 N–H and O–H groups in total. The summed E-state index contributed by atoms with van der Waals surface area (Å²) in [6.07, 6.45) is 2.14. The zero-order valence-electron chi connectivity index (χ0n) is 22.4. The van der Waals surface area contributed by atoms with Gasteiger partial charge in [0.05, 0.1) is 12.6 Å². The van der Waals surface area contributed by atoms with Gasteiger partial charge in [0.15, 0.2) is 5.82 Å². The molecule has 9 heteroatoms. The molecule has 2 fully saturated rings. The number of aryl methyl sites for hydroxylation is 3. The van der Waals surface area contributed by atoms with E-state index < -0.39 is 0 Å². The Hall–Kier alpha value is -3.56. The Morgan fingerprint density at radius 2 is 1.82 bits per heavy atom. The van der Waals surface area contributed by atoms with Crippen LogP contribution in [0.15, 0.2) is 47.3 Å². The predicted octanol–water partition coefficient (Wildman–Crippen LogP) is 3.53. The molecule has 0 amide bonds. The van der Waals surface area contributed by atoms with Gasteiger partial charge in [-0.25, -0.2) is 4.68 Å². The third-order valence-electron chi connectivity index (χ3n) is 7.91. The molecule has 0 aliphatic carbocycles. The Kier molecular flexibility index (Phi) is 6.71. The Morgan fingerprint density at radius 3 is 2.61 bits per heavy atom. The highest BCUT2D eigenvalue weighted by molar-refractivity contribution is 5.79. The Balaban J connectivity index is 1.37. The topological polar surface area (TPSA) is 92.2 Å². The van der Waals surface area contributed by atoms with Gasteiger partial charge in [0.2, 0.25) is 0 Å². The van der Waals surface area contributed by atoms with Crippen LogP contribution in [0.3, 0.4) is 0 Å². The molecule has 0 bridgehead atoms. The number of hydrogen-bond donors (Lipinski definition) is 1. The van der Waals surface area contributed by atoms with Gasteiger partial charge in [-0.15, -0.1) is 5.10 Å². The number of anilines is 1. The van der Waals surface area contributed by atoms with E-state index in [1.165, 1.54) is 16.8 Å². The first-order chi connectivity index (χ1) is 18.5. The predicted molar refractivity (Wildman–Crippen MR) is 148 cm³/mol. The van der Waals surface area contributed by atoms with Crippen LogP contribution in [-0.2, 0) is 11.3 Å². The van der Waals surface area contributed by atoms with Gasteiger partial charge in [0.25, 0.3) is 5.56 Å². The van der Waals surface area contributed by atoms with Crippen molar-refractivity contribution in [3.63, 3.8) is 0 Å². The van der Waals surface area contributed by atoms with Crippen molar-refractivity contribution >= 4 is 16.6 Å². The maximum Gasteiger partial charge on any atom is 0.253 e. The molecule has 0 saturated carbocycles. The van der Waals surface area contributed by atoms with Crippen LogP contribution in [0.4, 0.5) is 5.69 Å². The van der Waals surface area contributed by atoms with Gasteiger partial charge in [-0.3, -0.25) is 9.69 Å². The fourth-order valence-corrected chi connectivity index (χ4v) is 5.84. The number of fused-ring (bicyclic) bond motifs is 1. The molecule has 0 radical (unpaired) electrons. The summed E-state index contributed by atoms with van der Waals surface area (Å²) in [4.78, 5) is 21.4. The molecule has 2 aromatic carbocycles. The molecule has 9 nitrogen and oxygen atoms in total. The molecule has 2 aromatic heterocycles. The fourth-order valence-electron chi connectivity index (χ4n) is 5.84. The Labute approximate surface area is 222 Å². The quantitative estimate of drug-likeness (QED) is 0.422. The number of aromatic amines is 1. The van der Waals surface area contributed by atoms with E-state index in [1.54, 1.807) is 0 Å². The molecule has 2 saturated heterocycles. The molecule has 2 atom stereocenters. The Bertz CT molecular complexity index is 1500. The van der Waals surface area contributed by atoms with Crippen molar-refractivity contribution in [2.45, 2.75) is 52.3 Å². The number of hydrogen-bond acceptors (Lipinski definition) is 7. The van der Waals surface area contributed by atoms with E-state index in [1.807, 2.05) is 22.9 Å². The average molecular weight is 514 g/mol. The van der Waals surface area contributed by atoms with E-state index >= 15 is 0 Å². The maximum absolute atomic E-state index is 13.5. The fraction of sp³-hybridized carbons (Fsp3) is 0.448. The molecular formula is C29H35N7O2. The van der Waals surface area contributed by atoms with Crippen LogP contribution >= 0.6 is 0 Å². The number of nitrogens with zero attached hydrogens (tertiary/aromatic N) is 6. The monoisotopic (exact) mass is 513 g/mol. The summed E-state index contributed by atoms with van der Waals surface area (Å²) >= 11 is 0. The minimum atomic E-state index is -0.360. The van der Waals surface area contributed by atoms with Gasteiger partial charge in [-0.2, -0.15) is 0 Å². The van der Waals surface area contributed by atoms with Crippen molar-refractivity contribution in [3.05, 3.63) is 80.9 Å². The van der Waals surface area contributed by atoms with Gasteiger partial charge in [0, 0.05) is 49.6 Å². The van der Waals surface area contributed by atoms with E-state index in [2.05, 4.69) is 75.3 Å². The highest BCUT2D eigenvalue weighted by atomic mass is 16.5. The number of H-pyrrole nitrogens is 1. The van der Waals surface area contributed by atoms with Crippen molar-refractivity contribution in [1.29, 1.82) is 0 Å². The van der Waals surface area contributed by atoms with Crippen LogP contribution < -0.4 is 10.5 Å². The summed E-state index contributed by atoms with van der Waals surface area (Å²) in [7, 11) is 0. The van der Waals surface area contributed by atoms with Crippen LogP contribution in [-0.4, -0.2) is 69.0 Å². The van der Waals surface area contributed by atoms with Crippen LogP contribution in [0.1, 0.15) is 47.0 Å². The number of benzene rings is 2. The first-order valence-corrected chi connectivity index (χ1v) is 13.5. The highest BCUT2D eigenvalue weighted by Gasteiger charge is 2.33. The second kappa shape index (κ2) is 10.3. The summed E-state index contributed by atoms with van der Waals surface area (Å²) in [5, 5.41) is 13.9. The number of nitrogens with one attached hydrogen (secondary N) is 1. The lowest BCUT2D eigenvalue weighted by atomic mass is 10.0. The molecule has 198 valence electrons. The standard InChI is InChI=1S/C29H35N7O2/c1-19-7-9-25-22(15-19)17-24(29(37)30-25)27(28-31-32-33-36(28)18-23-5-4-14-38-23)35-12-10-34(11-13-35)26-16-20(2)6-8-21(26)3/h6-9,15-17,23,27H,4-5,10-14,18H2,1-3H3,(H,30,37)/t23-,27+/m1/s1. The lowest BCUT2D eigenvalue weighted by Gasteiger charge is -2.40. The zero-order valence-corrected chi connectivity index (χ0v) is 22.4. The summed E-state index contributed by atoms with van der Waals surface area (Å²) in [6, 6.07) is 14.4. The van der Waals surface area contributed by atoms with Gasteiger partial charge < -0.3 is 14.6 Å². The molecule has 2 aliphatic heterocycles. The first-order valence-electron chi connectivity index (χ1n) is 13.5.